The molecule has 1 heterocycles. The lowest BCUT2D eigenvalue weighted by Gasteiger charge is -2.19. The van der Waals surface area contributed by atoms with Gasteiger partial charge in [-0.15, -0.1) is 0 Å². The van der Waals surface area contributed by atoms with E-state index in [0.29, 0.717) is 33.4 Å². The van der Waals surface area contributed by atoms with E-state index in [4.69, 9.17) is 9.15 Å². The van der Waals surface area contributed by atoms with Gasteiger partial charge in [0, 0.05) is 5.56 Å². The summed E-state index contributed by atoms with van der Waals surface area (Å²) < 4.78 is 11.2. The van der Waals surface area contributed by atoms with Crippen molar-refractivity contribution in [2.24, 2.45) is 0 Å². The molecule has 4 rings (SSSR count). The predicted molar refractivity (Wildman–Crippen MR) is 128 cm³/mol. The van der Waals surface area contributed by atoms with Crippen LogP contribution in [0.15, 0.2) is 82.0 Å². The summed E-state index contributed by atoms with van der Waals surface area (Å²) in [6.07, 6.45) is 0. The van der Waals surface area contributed by atoms with Gasteiger partial charge in [0.1, 0.15) is 11.3 Å². The molecule has 4 aromatic rings. The molecular weight excluding hydrogens is 402 g/mol. The van der Waals surface area contributed by atoms with Gasteiger partial charge in [-0.1, -0.05) is 57.2 Å². The summed E-state index contributed by atoms with van der Waals surface area (Å²) in [5.74, 6) is 0.436. The maximum Gasteiger partial charge on any atom is 0.257 e. The molecular formula is C27H25NO4. The van der Waals surface area contributed by atoms with Crippen LogP contribution in [0.4, 0.5) is 5.88 Å². The molecule has 3 aromatic carbocycles. The average molecular weight is 428 g/mol. The topological polar surface area (TPSA) is 68.5 Å². The van der Waals surface area contributed by atoms with E-state index < -0.39 is 0 Å². The van der Waals surface area contributed by atoms with E-state index >= 15 is 0 Å². The van der Waals surface area contributed by atoms with Crippen molar-refractivity contribution in [1.29, 1.82) is 0 Å². The number of ether oxygens (including phenoxy) is 1. The van der Waals surface area contributed by atoms with E-state index in [1.54, 1.807) is 67.8 Å². The normalized spacial score (nSPS) is 11.4. The Labute approximate surface area is 186 Å². The molecule has 1 N–H and O–H groups in total. The largest absolute Gasteiger partial charge is 0.497 e. The number of anilines is 1. The summed E-state index contributed by atoms with van der Waals surface area (Å²) in [5.41, 5.74) is 2.72. The van der Waals surface area contributed by atoms with Gasteiger partial charge in [0.2, 0.25) is 11.3 Å². The van der Waals surface area contributed by atoms with Gasteiger partial charge in [-0.05, 0) is 52.9 Å². The lowest BCUT2D eigenvalue weighted by Crippen LogP contribution is -2.17. The molecule has 0 saturated carbocycles. The minimum Gasteiger partial charge on any atom is -0.497 e. The summed E-state index contributed by atoms with van der Waals surface area (Å²) in [5, 5.41) is 3.26. The standard InChI is InChI=1S/C27H25NO4/c1-27(2,3)19-13-9-18(10-14-19)25(30)28-26-23(17-11-15-20(31-4)16-12-17)24(29)21-7-5-6-8-22(21)32-26/h5-16H,1-4H3,(H,28,30). The van der Waals surface area contributed by atoms with Crippen molar-refractivity contribution < 1.29 is 13.9 Å². The number of hydrogen-bond donors (Lipinski definition) is 1. The maximum atomic E-state index is 13.3. The van der Waals surface area contributed by atoms with Crippen LogP contribution in [0.5, 0.6) is 5.75 Å². The highest BCUT2D eigenvalue weighted by Gasteiger charge is 2.20. The molecule has 0 bridgehead atoms. The third-order valence-electron chi connectivity index (χ3n) is 5.42. The molecule has 0 atom stereocenters. The molecule has 0 aliphatic carbocycles. The van der Waals surface area contributed by atoms with Crippen molar-refractivity contribution in [3.8, 4) is 16.9 Å². The van der Waals surface area contributed by atoms with E-state index in [1.807, 2.05) is 12.1 Å². The number of hydrogen-bond acceptors (Lipinski definition) is 4. The van der Waals surface area contributed by atoms with E-state index in [9.17, 15) is 9.59 Å². The number of benzene rings is 3. The van der Waals surface area contributed by atoms with Crippen LogP contribution in [0, 0.1) is 0 Å². The Hall–Kier alpha value is -3.86. The fourth-order valence-electron chi connectivity index (χ4n) is 3.55. The number of fused-ring (bicyclic) bond motifs is 1. The molecule has 0 saturated heterocycles. The zero-order valence-electron chi connectivity index (χ0n) is 18.6. The fraction of sp³-hybridized carbons (Fsp3) is 0.185. The summed E-state index contributed by atoms with van der Waals surface area (Å²) in [6.45, 7) is 6.35. The summed E-state index contributed by atoms with van der Waals surface area (Å²) >= 11 is 0. The van der Waals surface area contributed by atoms with Crippen molar-refractivity contribution in [1.82, 2.24) is 0 Å². The van der Waals surface area contributed by atoms with E-state index in [-0.39, 0.29) is 22.6 Å². The summed E-state index contributed by atoms with van der Waals surface area (Å²) in [6, 6.07) is 21.5. The number of nitrogens with one attached hydrogen (secondary N) is 1. The Morgan fingerprint density at radius 1 is 0.906 bits per heavy atom. The molecule has 0 fully saturated rings. The van der Waals surface area contributed by atoms with Crippen LogP contribution >= 0.6 is 0 Å². The molecule has 0 aliphatic rings. The first-order valence-electron chi connectivity index (χ1n) is 10.4. The molecule has 0 radical (unpaired) electrons. The minimum atomic E-state index is -0.348. The molecule has 0 aliphatic heterocycles. The van der Waals surface area contributed by atoms with Crippen LogP contribution in [0.25, 0.3) is 22.1 Å². The van der Waals surface area contributed by atoms with Gasteiger partial charge in [0.25, 0.3) is 5.91 Å². The highest BCUT2D eigenvalue weighted by atomic mass is 16.5. The van der Waals surface area contributed by atoms with Crippen LogP contribution in [0.3, 0.4) is 0 Å². The SMILES string of the molecule is COc1ccc(-c2c(NC(=O)c3ccc(C(C)(C)C)cc3)oc3ccccc3c2=O)cc1. The number of amides is 1. The zero-order chi connectivity index (χ0) is 22.9. The third-order valence-corrected chi connectivity index (χ3v) is 5.42. The Morgan fingerprint density at radius 2 is 1.56 bits per heavy atom. The van der Waals surface area contributed by atoms with Gasteiger partial charge in [0.05, 0.1) is 18.1 Å². The van der Waals surface area contributed by atoms with Crippen molar-refractivity contribution in [2.75, 3.05) is 12.4 Å². The first-order valence-corrected chi connectivity index (χ1v) is 10.4. The van der Waals surface area contributed by atoms with E-state index in [2.05, 4.69) is 26.1 Å². The lowest BCUT2D eigenvalue weighted by molar-refractivity contribution is 0.102. The summed E-state index contributed by atoms with van der Waals surface area (Å²) in [7, 11) is 1.58. The van der Waals surface area contributed by atoms with Gasteiger partial charge in [-0.25, -0.2) is 0 Å². The van der Waals surface area contributed by atoms with Crippen molar-refractivity contribution in [3.63, 3.8) is 0 Å². The number of methoxy groups -OCH3 is 1. The smallest absolute Gasteiger partial charge is 0.257 e. The van der Waals surface area contributed by atoms with Crippen LogP contribution in [0.1, 0.15) is 36.7 Å². The van der Waals surface area contributed by atoms with E-state index in [0.717, 1.165) is 5.56 Å². The second kappa shape index (κ2) is 8.35. The van der Waals surface area contributed by atoms with E-state index in [1.165, 1.54) is 0 Å². The van der Waals surface area contributed by atoms with Gasteiger partial charge < -0.3 is 9.15 Å². The zero-order valence-corrected chi connectivity index (χ0v) is 18.6. The van der Waals surface area contributed by atoms with Crippen LogP contribution in [-0.4, -0.2) is 13.0 Å². The lowest BCUT2D eigenvalue weighted by atomic mass is 9.87. The predicted octanol–water partition coefficient (Wildman–Crippen LogP) is 6.02. The highest BCUT2D eigenvalue weighted by Crippen LogP contribution is 2.30. The third kappa shape index (κ3) is 4.14. The molecule has 162 valence electrons. The Bertz CT molecular complexity index is 1330. The van der Waals surface area contributed by atoms with Gasteiger partial charge in [0.15, 0.2) is 0 Å². The quantitative estimate of drug-likeness (QED) is 0.432. The van der Waals surface area contributed by atoms with Crippen LogP contribution < -0.4 is 15.5 Å². The monoisotopic (exact) mass is 427 g/mol. The number of carbonyl (C=O) groups is 1. The van der Waals surface area contributed by atoms with Crippen molar-refractivity contribution in [2.45, 2.75) is 26.2 Å². The number of para-hydroxylation sites is 1. The van der Waals surface area contributed by atoms with Crippen LogP contribution in [-0.2, 0) is 5.41 Å². The molecule has 32 heavy (non-hydrogen) atoms. The van der Waals surface area contributed by atoms with Gasteiger partial charge in [-0.2, -0.15) is 0 Å². The molecule has 0 unspecified atom stereocenters. The van der Waals surface area contributed by atoms with Gasteiger partial charge >= 0.3 is 0 Å². The average Bonchev–Trinajstić information content (AvgIpc) is 2.79. The second-order valence-electron chi connectivity index (χ2n) is 8.64. The van der Waals surface area contributed by atoms with Crippen molar-refractivity contribution in [3.05, 3.63) is 94.1 Å². The molecule has 5 nitrogen and oxygen atoms in total. The first kappa shape index (κ1) is 21.4. The number of carbonyl (C=O) groups excluding carboxylic acids is 1. The minimum absolute atomic E-state index is 0.0122. The Morgan fingerprint density at radius 3 is 2.19 bits per heavy atom. The molecule has 1 aromatic heterocycles. The fourth-order valence-corrected chi connectivity index (χ4v) is 3.55. The van der Waals surface area contributed by atoms with Gasteiger partial charge in [-0.3, -0.25) is 14.9 Å². The molecule has 0 spiro atoms. The Kier molecular flexibility index (Phi) is 5.57. The second-order valence-corrected chi connectivity index (χ2v) is 8.64. The van der Waals surface area contributed by atoms with Crippen molar-refractivity contribution >= 4 is 22.8 Å². The highest BCUT2D eigenvalue weighted by molar-refractivity contribution is 6.06. The molecule has 5 heteroatoms. The first-order chi connectivity index (χ1) is 15.3. The Balaban J connectivity index is 1.78. The molecule has 1 amide bonds. The summed E-state index contributed by atoms with van der Waals surface area (Å²) in [4.78, 5) is 26.3. The maximum absolute atomic E-state index is 13.3. The number of rotatable bonds is 4. The van der Waals surface area contributed by atoms with Crippen LogP contribution in [0.2, 0.25) is 0 Å².